The molecule has 0 radical (unpaired) electrons. The smallest absolute Gasteiger partial charge is 0.0990 e. The Bertz CT molecular complexity index is 532. The first-order valence-electron chi connectivity index (χ1n) is 6.71. The molecule has 1 atom stereocenters. The van der Waals surface area contributed by atoms with Crippen LogP contribution in [0.15, 0.2) is 30.3 Å². The molecule has 0 bridgehead atoms. The monoisotopic (exact) mass is 274 g/mol. The number of rotatable bonds is 4. The fourth-order valence-electron chi connectivity index (χ4n) is 2.40. The van der Waals surface area contributed by atoms with E-state index in [9.17, 15) is 0 Å². The van der Waals surface area contributed by atoms with Crippen LogP contribution in [0.2, 0.25) is 0 Å². The Morgan fingerprint density at radius 2 is 2.16 bits per heavy atom. The molecule has 1 aliphatic heterocycles. The van der Waals surface area contributed by atoms with Crippen LogP contribution in [0.3, 0.4) is 0 Å². The second kappa shape index (κ2) is 5.82. The van der Waals surface area contributed by atoms with Crippen LogP contribution in [-0.2, 0) is 11.2 Å². The van der Waals surface area contributed by atoms with E-state index in [4.69, 9.17) is 15.5 Å². The van der Waals surface area contributed by atoms with E-state index in [1.54, 1.807) is 11.3 Å². The molecular formula is C15H18N2OS. The quantitative estimate of drug-likeness (QED) is 0.932. The number of aromatic nitrogens is 1. The van der Waals surface area contributed by atoms with Crippen molar-refractivity contribution < 1.29 is 4.74 Å². The maximum absolute atomic E-state index is 5.72. The third-order valence-corrected chi connectivity index (χ3v) is 4.69. The average molecular weight is 274 g/mol. The van der Waals surface area contributed by atoms with Crippen LogP contribution in [0, 0.1) is 0 Å². The van der Waals surface area contributed by atoms with Crippen molar-refractivity contribution >= 4 is 11.3 Å². The minimum atomic E-state index is 0.471. The molecule has 0 amide bonds. The van der Waals surface area contributed by atoms with E-state index < -0.39 is 0 Å². The van der Waals surface area contributed by atoms with Crippen molar-refractivity contribution in [3.63, 3.8) is 0 Å². The molecule has 1 saturated heterocycles. The van der Waals surface area contributed by atoms with Crippen molar-refractivity contribution in [2.24, 2.45) is 5.73 Å². The summed E-state index contributed by atoms with van der Waals surface area (Å²) in [7, 11) is 0. The number of nitrogens with zero attached hydrogens (tertiary/aromatic N) is 1. The van der Waals surface area contributed by atoms with Crippen LogP contribution in [-0.4, -0.2) is 24.7 Å². The zero-order chi connectivity index (χ0) is 13.1. The summed E-state index contributed by atoms with van der Waals surface area (Å²) in [4.78, 5) is 6.17. The summed E-state index contributed by atoms with van der Waals surface area (Å²) in [5.41, 5.74) is 8.02. The highest BCUT2D eigenvalue weighted by atomic mass is 32.1. The van der Waals surface area contributed by atoms with Gasteiger partial charge in [0.05, 0.1) is 17.3 Å². The number of ether oxygens (including phenoxy) is 1. The Labute approximate surface area is 117 Å². The SMILES string of the molecule is NCCc1sc(C2CCOC2)nc1-c1ccccc1. The van der Waals surface area contributed by atoms with Crippen molar-refractivity contribution in [1.29, 1.82) is 0 Å². The largest absolute Gasteiger partial charge is 0.381 e. The van der Waals surface area contributed by atoms with E-state index >= 15 is 0 Å². The second-order valence-electron chi connectivity index (χ2n) is 4.79. The van der Waals surface area contributed by atoms with Crippen LogP contribution in [0.25, 0.3) is 11.3 Å². The Balaban J connectivity index is 1.97. The third-order valence-electron chi connectivity index (χ3n) is 3.41. The zero-order valence-corrected chi connectivity index (χ0v) is 11.7. The predicted molar refractivity (Wildman–Crippen MR) is 78.5 cm³/mol. The van der Waals surface area contributed by atoms with Gasteiger partial charge in [0.15, 0.2) is 0 Å². The Morgan fingerprint density at radius 1 is 1.32 bits per heavy atom. The summed E-state index contributed by atoms with van der Waals surface area (Å²) in [6, 6.07) is 10.4. The number of thiazole rings is 1. The van der Waals surface area contributed by atoms with Crippen LogP contribution in [0.1, 0.15) is 22.2 Å². The van der Waals surface area contributed by atoms with Gasteiger partial charge in [0.25, 0.3) is 0 Å². The third kappa shape index (κ3) is 2.71. The highest BCUT2D eigenvalue weighted by Crippen LogP contribution is 2.35. The summed E-state index contributed by atoms with van der Waals surface area (Å²) in [5, 5.41) is 1.21. The van der Waals surface area contributed by atoms with Gasteiger partial charge in [0.1, 0.15) is 0 Å². The normalized spacial score (nSPS) is 18.9. The first-order chi connectivity index (χ1) is 9.38. The lowest BCUT2D eigenvalue weighted by Crippen LogP contribution is -2.02. The molecule has 19 heavy (non-hydrogen) atoms. The van der Waals surface area contributed by atoms with E-state index in [1.165, 1.54) is 15.4 Å². The molecule has 2 N–H and O–H groups in total. The molecular weight excluding hydrogens is 256 g/mol. The van der Waals surface area contributed by atoms with Crippen LogP contribution >= 0.6 is 11.3 Å². The number of benzene rings is 1. The van der Waals surface area contributed by atoms with E-state index in [-0.39, 0.29) is 0 Å². The van der Waals surface area contributed by atoms with Crippen molar-refractivity contribution in [2.45, 2.75) is 18.8 Å². The maximum Gasteiger partial charge on any atom is 0.0990 e. The molecule has 100 valence electrons. The van der Waals surface area contributed by atoms with Gasteiger partial charge in [-0.3, -0.25) is 0 Å². The zero-order valence-electron chi connectivity index (χ0n) is 10.8. The molecule has 2 aromatic rings. The van der Waals surface area contributed by atoms with Gasteiger partial charge in [-0.05, 0) is 19.4 Å². The molecule has 1 aliphatic rings. The second-order valence-corrected chi connectivity index (χ2v) is 5.90. The predicted octanol–water partition coefficient (Wildman–Crippen LogP) is 2.82. The Hall–Kier alpha value is -1.23. The van der Waals surface area contributed by atoms with Gasteiger partial charge in [-0.2, -0.15) is 0 Å². The fraction of sp³-hybridized carbons (Fsp3) is 0.400. The maximum atomic E-state index is 5.72. The molecule has 1 unspecified atom stereocenters. The van der Waals surface area contributed by atoms with Crippen molar-refractivity contribution in [3.05, 3.63) is 40.2 Å². The molecule has 2 heterocycles. The lowest BCUT2D eigenvalue weighted by molar-refractivity contribution is 0.194. The molecule has 0 aliphatic carbocycles. The van der Waals surface area contributed by atoms with Gasteiger partial charge in [-0.25, -0.2) is 4.98 Å². The lowest BCUT2D eigenvalue weighted by Gasteiger charge is -2.01. The molecule has 0 spiro atoms. The van der Waals surface area contributed by atoms with E-state index in [2.05, 4.69) is 24.3 Å². The number of hydrogen-bond donors (Lipinski definition) is 1. The molecule has 4 heteroatoms. The van der Waals surface area contributed by atoms with E-state index in [0.717, 1.165) is 31.7 Å². The number of nitrogens with two attached hydrogens (primary N) is 1. The highest BCUT2D eigenvalue weighted by molar-refractivity contribution is 7.12. The summed E-state index contributed by atoms with van der Waals surface area (Å²) in [6.07, 6.45) is 1.99. The van der Waals surface area contributed by atoms with Gasteiger partial charge in [-0.1, -0.05) is 30.3 Å². The van der Waals surface area contributed by atoms with Crippen LogP contribution < -0.4 is 5.73 Å². The standard InChI is InChI=1S/C15H18N2OS/c16-8-6-13-14(11-4-2-1-3-5-11)17-15(19-13)12-7-9-18-10-12/h1-5,12H,6-10,16H2. The minimum absolute atomic E-state index is 0.471. The van der Waals surface area contributed by atoms with E-state index in [0.29, 0.717) is 12.5 Å². The van der Waals surface area contributed by atoms with Crippen molar-refractivity contribution in [1.82, 2.24) is 4.98 Å². The van der Waals surface area contributed by atoms with Gasteiger partial charge >= 0.3 is 0 Å². The number of hydrogen-bond acceptors (Lipinski definition) is 4. The lowest BCUT2D eigenvalue weighted by atomic mass is 10.1. The van der Waals surface area contributed by atoms with Crippen LogP contribution in [0.5, 0.6) is 0 Å². The fourth-order valence-corrected chi connectivity index (χ4v) is 3.62. The molecule has 1 aromatic carbocycles. The van der Waals surface area contributed by atoms with Crippen molar-refractivity contribution in [3.8, 4) is 11.3 Å². The van der Waals surface area contributed by atoms with Gasteiger partial charge in [0.2, 0.25) is 0 Å². The molecule has 1 fully saturated rings. The summed E-state index contributed by atoms with van der Waals surface area (Å²) < 4.78 is 5.47. The Kier molecular flexibility index (Phi) is 3.92. The molecule has 0 saturated carbocycles. The van der Waals surface area contributed by atoms with Crippen molar-refractivity contribution in [2.75, 3.05) is 19.8 Å². The van der Waals surface area contributed by atoms with E-state index in [1.807, 2.05) is 6.07 Å². The topological polar surface area (TPSA) is 48.1 Å². The summed E-state index contributed by atoms with van der Waals surface area (Å²) in [6.45, 7) is 2.34. The average Bonchev–Trinajstić information content (AvgIpc) is 3.08. The Morgan fingerprint density at radius 3 is 2.84 bits per heavy atom. The summed E-state index contributed by atoms with van der Waals surface area (Å²) >= 11 is 1.81. The van der Waals surface area contributed by atoms with Gasteiger partial charge in [-0.15, -0.1) is 11.3 Å². The molecule has 3 rings (SSSR count). The molecule has 3 nitrogen and oxygen atoms in total. The molecule has 1 aromatic heterocycles. The first-order valence-corrected chi connectivity index (χ1v) is 7.53. The summed E-state index contributed by atoms with van der Waals surface area (Å²) in [5.74, 6) is 0.471. The van der Waals surface area contributed by atoms with Gasteiger partial charge in [0, 0.05) is 23.0 Å². The first kappa shape index (κ1) is 12.8. The highest BCUT2D eigenvalue weighted by Gasteiger charge is 2.23. The minimum Gasteiger partial charge on any atom is -0.381 e. The van der Waals surface area contributed by atoms with Gasteiger partial charge < -0.3 is 10.5 Å². The van der Waals surface area contributed by atoms with Crippen LogP contribution in [0.4, 0.5) is 0 Å².